The Hall–Kier alpha value is -3.02. The van der Waals surface area contributed by atoms with Crippen LogP contribution in [0.4, 0.5) is 0 Å². The molecule has 0 unspecified atom stereocenters. The Labute approximate surface area is 185 Å². The van der Waals surface area contributed by atoms with Gasteiger partial charge in [0, 0.05) is 12.1 Å². The van der Waals surface area contributed by atoms with Crippen molar-refractivity contribution in [2.45, 2.75) is 59.7 Å². The summed E-state index contributed by atoms with van der Waals surface area (Å²) in [6.07, 6.45) is 0. The molecule has 2 aromatic rings. The number of aryl methyl sites for hydroxylation is 1. The minimum absolute atomic E-state index is 0.145. The van der Waals surface area contributed by atoms with Crippen LogP contribution in [0, 0.1) is 13.8 Å². The summed E-state index contributed by atoms with van der Waals surface area (Å²) >= 11 is 0. The number of benzene rings is 2. The fourth-order valence-corrected chi connectivity index (χ4v) is 3.09. The molecule has 0 saturated carbocycles. The number of methoxy groups -OCH3 is 1. The number of nitrogens with zero attached hydrogens (tertiary/aromatic N) is 1. The predicted molar refractivity (Wildman–Crippen MR) is 122 cm³/mol. The maximum Gasteiger partial charge on any atom is 0.261 e. The van der Waals surface area contributed by atoms with Crippen LogP contribution in [0.5, 0.6) is 11.5 Å². The maximum absolute atomic E-state index is 13.1. The van der Waals surface area contributed by atoms with Gasteiger partial charge in [-0.15, -0.1) is 0 Å². The first-order valence-corrected chi connectivity index (χ1v) is 10.4. The van der Waals surface area contributed by atoms with E-state index in [9.17, 15) is 9.59 Å². The van der Waals surface area contributed by atoms with Crippen LogP contribution < -0.4 is 14.8 Å². The topological polar surface area (TPSA) is 67.9 Å². The van der Waals surface area contributed by atoms with E-state index < -0.39 is 11.6 Å². The summed E-state index contributed by atoms with van der Waals surface area (Å²) in [4.78, 5) is 27.5. The first-order valence-electron chi connectivity index (χ1n) is 10.4. The first-order chi connectivity index (χ1) is 14.5. The monoisotopic (exact) mass is 426 g/mol. The lowest BCUT2D eigenvalue weighted by atomic mass is 10.1. The van der Waals surface area contributed by atoms with Crippen LogP contribution in [0.25, 0.3) is 0 Å². The Kier molecular flexibility index (Phi) is 8.08. The summed E-state index contributed by atoms with van der Waals surface area (Å²) in [6.45, 7) is 11.6. The second-order valence-electron chi connectivity index (χ2n) is 8.77. The molecule has 6 heteroatoms. The molecular formula is C25H34N2O4. The fourth-order valence-electron chi connectivity index (χ4n) is 3.09. The highest BCUT2D eigenvalue weighted by atomic mass is 16.5. The van der Waals surface area contributed by atoms with Crippen LogP contribution in [0.3, 0.4) is 0 Å². The molecule has 0 saturated heterocycles. The number of ether oxygens (including phenoxy) is 2. The Bertz CT molecular complexity index is 901. The quantitative estimate of drug-likeness (QED) is 0.692. The highest BCUT2D eigenvalue weighted by molar-refractivity contribution is 5.88. The van der Waals surface area contributed by atoms with Crippen LogP contribution in [0.15, 0.2) is 42.5 Å². The zero-order valence-electron chi connectivity index (χ0n) is 19.6. The molecule has 31 heavy (non-hydrogen) atoms. The van der Waals surface area contributed by atoms with Gasteiger partial charge in [0.1, 0.15) is 17.5 Å². The van der Waals surface area contributed by atoms with Crippen molar-refractivity contribution in [1.29, 1.82) is 0 Å². The van der Waals surface area contributed by atoms with Crippen molar-refractivity contribution in [3.05, 3.63) is 59.2 Å². The molecule has 1 atom stereocenters. The average molecular weight is 427 g/mol. The molecule has 168 valence electrons. The second kappa shape index (κ2) is 10.3. The van der Waals surface area contributed by atoms with Gasteiger partial charge in [-0.25, -0.2) is 0 Å². The van der Waals surface area contributed by atoms with E-state index in [-0.39, 0.29) is 25.0 Å². The molecule has 0 spiro atoms. The highest BCUT2D eigenvalue weighted by Crippen LogP contribution is 2.21. The van der Waals surface area contributed by atoms with Crippen molar-refractivity contribution >= 4 is 11.8 Å². The van der Waals surface area contributed by atoms with Crippen molar-refractivity contribution in [2.75, 3.05) is 13.7 Å². The average Bonchev–Trinajstić information content (AvgIpc) is 2.71. The molecule has 2 rings (SSSR count). The summed E-state index contributed by atoms with van der Waals surface area (Å²) < 4.78 is 11.0. The highest BCUT2D eigenvalue weighted by Gasteiger charge is 2.28. The summed E-state index contributed by atoms with van der Waals surface area (Å²) in [6, 6.07) is 12.5. The summed E-state index contributed by atoms with van der Waals surface area (Å²) in [5.74, 6) is 0.942. The molecule has 0 aromatic heterocycles. The molecule has 0 fully saturated rings. The van der Waals surface area contributed by atoms with Gasteiger partial charge in [0.05, 0.1) is 7.11 Å². The van der Waals surface area contributed by atoms with E-state index in [0.717, 1.165) is 22.4 Å². The third kappa shape index (κ3) is 7.02. The van der Waals surface area contributed by atoms with Crippen molar-refractivity contribution in [1.82, 2.24) is 10.2 Å². The normalized spacial score (nSPS) is 12.1. The number of carbonyl (C=O) groups is 2. The summed E-state index contributed by atoms with van der Waals surface area (Å²) in [5, 5.41) is 2.96. The molecule has 1 N–H and O–H groups in total. The van der Waals surface area contributed by atoms with Gasteiger partial charge in [-0.05, 0) is 76.4 Å². The molecule has 0 aliphatic rings. The maximum atomic E-state index is 13.1. The van der Waals surface area contributed by atoms with Crippen LogP contribution >= 0.6 is 0 Å². The minimum Gasteiger partial charge on any atom is -0.497 e. The molecule has 0 heterocycles. The largest absolute Gasteiger partial charge is 0.497 e. The third-order valence-corrected chi connectivity index (χ3v) is 5.08. The van der Waals surface area contributed by atoms with Crippen molar-refractivity contribution in [2.24, 2.45) is 0 Å². The molecule has 0 aliphatic carbocycles. The second-order valence-corrected chi connectivity index (χ2v) is 8.77. The van der Waals surface area contributed by atoms with Gasteiger partial charge in [0.25, 0.3) is 5.91 Å². The molecule has 6 nitrogen and oxygen atoms in total. The van der Waals surface area contributed by atoms with Crippen molar-refractivity contribution in [3.63, 3.8) is 0 Å². The number of nitrogens with one attached hydrogen (secondary N) is 1. The standard InChI is InChI=1S/C25H34N2O4/c1-17-9-8-10-22(18(17)2)31-16-23(28)27(19(3)24(29)26-25(4,5)6)15-20-11-13-21(30-7)14-12-20/h8-14,19H,15-16H2,1-7H3,(H,26,29)/t19-/m0/s1. The summed E-state index contributed by atoms with van der Waals surface area (Å²) in [7, 11) is 1.61. The van der Waals surface area contributed by atoms with Crippen molar-refractivity contribution < 1.29 is 19.1 Å². The van der Waals surface area contributed by atoms with Gasteiger partial charge >= 0.3 is 0 Å². The van der Waals surface area contributed by atoms with E-state index >= 15 is 0 Å². The zero-order valence-corrected chi connectivity index (χ0v) is 19.6. The van der Waals surface area contributed by atoms with Crippen molar-refractivity contribution in [3.8, 4) is 11.5 Å². The molecule has 2 amide bonds. The number of amides is 2. The fraction of sp³-hybridized carbons (Fsp3) is 0.440. The van der Waals surface area contributed by atoms with Crippen LogP contribution in [0.1, 0.15) is 44.4 Å². The lowest BCUT2D eigenvalue weighted by molar-refractivity contribution is -0.142. The van der Waals surface area contributed by atoms with Gasteiger partial charge in [-0.3, -0.25) is 9.59 Å². The lowest BCUT2D eigenvalue weighted by Crippen LogP contribution is -2.53. The summed E-state index contributed by atoms with van der Waals surface area (Å²) in [5.41, 5.74) is 2.60. The first kappa shape index (κ1) is 24.3. The number of hydrogen-bond donors (Lipinski definition) is 1. The van der Waals surface area contributed by atoms with E-state index in [1.54, 1.807) is 18.9 Å². The SMILES string of the molecule is COc1ccc(CN(C(=O)COc2cccc(C)c2C)[C@@H](C)C(=O)NC(C)(C)C)cc1. The zero-order chi connectivity index (χ0) is 23.2. The van der Waals surface area contributed by atoms with Gasteiger partial charge in [0.15, 0.2) is 6.61 Å². The van der Waals surface area contributed by atoms with Gasteiger partial charge in [-0.2, -0.15) is 0 Å². The molecule has 0 bridgehead atoms. The van der Waals surface area contributed by atoms with Gasteiger partial charge in [-0.1, -0.05) is 24.3 Å². The molecule has 0 radical (unpaired) electrons. The number of carbonyl (C=O) groups excluding carboxylic acids is 2. The van der Waals surface area contributed by atoms with Crippen LogP contribution in [0.2, 0.25) is 0 Å². The smallest absolute Gasteiger partial charge is 0.261 e. The molecular weight excluding hydrogens is 392 g/mol. The Morgan fingerprint density at radius 1 is 1.06 bits per heavy atom. The van der Waals surface area contributed by atoms with Gasteiger partial charge < -0.3 is 19.7 Å². The minimum atomic E-state index is -0.656. The molecule has 2 aromatic carbocycles. The van der Waals surface area contributed by atoms with Gasteiger partial charge in [0.2, 0.25) is 5.91 Å². The Morgan fingerprint density at radius 2 is 1.71 bits per heavy atom. The van der Waals surface area contributed by atoms with E-state index in [1.165, 1.54) is 0 Å². The van der Waals surface area contributed by atoms with Crippen LogP contribution in [-0.4, -0.2) is 42.0 Å². The number of hydrogen-bond acceptors (Lipinski definition) is 4. The van der Waals surface area contributed by atoms with E-state index in [2.05, 4.69) is 5.32 Å². The molecule has 0 aliphatic heterocycles. The van der Waals surface area contributed by atoms with Crippen LogP contribution in [-0.2, 0) is 16.1 Å². The number of rotatable bonds is 8. The Morgan fingerprint density at radius 3 is 2.29 bits per heavy atom. The Balaban J connectivity index is 2.20. The van der Waals surface area contributed by atoms with E-state index in [0.29, 0.717) is 5.75 Å². The predicted octanol–water partition coefficient (Wildman–Crippen LogP) is 4.02. The van der Waals surface area contributed by atoms with E-state index in [1.807, 2.05) is 77.1 Å². The third-order valence-electron chi connectivity index (χ3n) is 5.08. The lowest BCUT2D eigenvalue weighted by Gasteiger charge is -2.31. The van der Waals surface area contributed by atoms with E-state index in [4.69, 9.17) is 9.47 Å².